The fraction of sp³-hybridized carbons (Fsp3) is 0.211. The van der Waals surface area contributed by atoms with Crippen molar-refractivity contribution in [1.82, 2.24) is 10.3 Å². The van der Waals surface area contributed by atoms with Gasteiger partial charge in [0.1, 0.15) is 5.52 Å². The van der Waals surface area contributed by atoms with Crippen LogP contribution in [0.15, 0.2) is 30.3 Å². The predicted molar refractivity (Wildman–Crippen MR) is 129 cm³/mol. The minimum Gasteiger partial charge on any atom is -0.378 e. The third kappa shape index (κ3) is 4.76. The van der Waals surface area contributed by atoms with Gasteiger partial charge in [-0.2, -0.15) is 0 Å². The van der Waals surface area contributed by atoms with Crippen molar-refractivity contribution in [3.8, 4) is 0 Å². The first-order chi connectivity index (χ1) is 15.3. The van der Waals surface area contributed by atoms with Crippen LogP contribution in [0.5, 0.6) is 0 Å². The molecule has 0 radical (unpaired) electrons. The summed E-state index contributed by atoms with van der Waals surface area (Å²) in [7, 11) is 0. The summed E-state index contributed by atoms with van der Waals surface area (Å²) in [5.41, 5.74) is 1.04. The molecule has 166 valence electrons. The van der Waals surface area contributed by atoms with Gasteiger partial charge in [0, 0.05) is 25.2 Å². The van der Waals surface area contributed by atoms with E-state index in [1.807, 2.05) is 4.90 Å². The summed E-state index contributed by atoms with van der Waals surface area (Å²) in [6, 6.07) is 7.62. The highest BCUT2D eigenvalue weighted by molar-refractivity contribution is 7.80. The number of benzene rings is 2. The monoisotopic (exact) mass is 511 g/mol. The van der Waals surface area contributed by atoms with Crippen molar-refractivity contribution in [3.05, 3.63) is 56.1 Å². The number of halogens is 2. The van der Waals surface area contributed by atoms with Crippen molar-refractivity contribution < 1.29 is 14.5 Å². The molecule has 13 heteroatoms. The number of anilines is 2. The van der Waals surface area contributed by atoms with Gasteiger partial charge in [0.05, 0.1) is 44.1 Å². The van der Waals surface area contributed by atoms with Crippen LogP contribution in [0.1, 0.15) is 10.4 Å². The lowest BCUT2D eigenvalue weighted by Crippen LogP contribution is -2.39. The molecule has 0 unspecified atom stereocenters. The van der Waals surface area contributed by atoms with Crippen LogP contribution < -0.4 is 15.5 Å². The van der Waals surface area contributed by atoms with E-state index in [4.69, 9.17) is 40.2 Å². The van der Waals surface area contributed by atoms with E-state index in [9.17, 15) is 14.9 Å². The number of thiocarbonyl (C=S) groups is 1. The molecule has 9 nitrogen and oxygen atoms in total. The quantitative estimate of drug-likeness (QED) is 0.299. The lowest BCUT2D eigenvalue weighted by molar-refractivity contribution is -0.384. The third-order valence-electron chi connectivity index (χ3n) is 4.69. The molecule has 2 heterocycles. The molecular weight excluding hydrogens is 497 g/mol. The summed E-state index contributed by atoms with van der Waals surface area (Å²) in [6.07, 6.45) is 0. The van der Waals surface area contributed by atoms with Gasteiger partial charge in [0.2, 0.25) is 0 Å². The van der Waals surface area contributed by atoms with Crippen LogP contribution in [0.3, 0.4) is 0 Å². The third-order valence-corrected chi connectivity index (χ3v) is 6.62. The number of fused-ring (bicyclic) bond motifs is 1. The van der Waals surface area contributed by atoms with Gasteiger partial charge in [0.25, 0.3) is 11.6 Å². The maximum atomic E-state index is 13.0. The second-order valence-corrected chi connectivity index (χ2v) is 8.92. The van der Waals surface area contributed by atoms with Crippen LogP contribution in [-0.4, -0.2) is 47.2 Å². The number of nitrogens with one attached hydrogen (secondary N) is 2. The molecule has 1 aliphatic heterocycles. The first-order valence-electron chi connectivity index (χ1n) is 9.31. The molecule has 0 spiro atoms. The van der Waals surface area contributed by atoms with Crippen LogP contribution in [-0.2, 0) is 4.74 Å². The summed E-state index contributed by atoms with van der Waals surface area (Å²) in [5, 5.41) is 17.8. The zero-order chi connectivity index (χ0) is 22.8. The number of non-ortho nitro benzene ring substituents is 1. The summed E-state index contributed by atoms with van der Waals surface area (Å²) < 4.78 is 6.15. The maximum Gasteiger partial charge on any atom is 0.270 e. The smallest absolute Gasteiger partial charge is 0.270 e. The lowest BCUT2D eigenvalue weighted by atomic mass is 10.1. The van der Waals surface area contributed by atoms with Gasteiger partial charge in [0.15, 0.2) is 10.2 Å². The van der Waals surface area contributed by atoms with Gasteiger partial charge < -0.3 is 15.0 Å². The average molecular weight is 512 g/mol. The Morgan fingerprint density at radius 1 is 1.25 bits per heavy atom. The molecular formula is C19H15Cl2N5O4S2. The number of nitrogens with zero attached hydrogens (tertiary/aromatic N) is 3. The van der Waals surface area contributed by atoms with Crippen molar-refractivity contribution in [2.45, 2.75) is 0 Å². The molecule has 1 amide bonds. The van der Waals surface area contributed by atoms with E-state index >= 15 is 0 Å². The Morgan fingerprint density at radius 3 is 2.72 bits per heavy atom. The number of amides is 1. The number of nitro benzene ring substituents is 1. The largest absolute Gasteiger partial charge is 0.378 e. The molecule has 0 saturated carbocycles. The number of nitro groups is 1. The number of carbonyl (C=O) groups excluding carboxylic acids is 1. The van der Waals surface area contributed by atoms with E-state index in [0.717, 1.165) is 4.70 Å². The van der Waals surface area contributed by atoms with Gasteiger partial charge in [-0.1, -0.05) is 34.5 Å². The van der Waals surface area contributed by atoms with Crippen molar-refractivity contribution in [2.24, 2.45) is 0 Å². The van der Waals surface area contributed by atoms with Crippen LogP contribution in [0.2, 0.25) is 10.0 Å². The number of hydrogen-bond acceptors (Lipinski definition) is 8. The lowest BCUT2D eigenvalue weighted by Gasteiger charge is -2.30. The van der Waals surface area contributed by atoms with E-state index in [0.29, 0.717) is 52.7 Å². The van der Waals surface area contributed by atoms with Gasteiger partial charge in [-0.15, -0.1) is 0 Å². The highest BCUT2D eigenvalue weighted by Gasteiger charge is 2.23. The first-order valence-corrected chi connectivity index (χ1v) is 11.3. The number of hydrogen-bond donors (Lipinski definition) is 2. The second-order valence-electron chi connectivity index (χ2n) is 6.69. The first kappa shape index (κ1) is 22.6. The Labute approximate surface area is 201 Å². The molecule has 1 aromatic heterocycles. The number of ether oxygens (including phenoxy) is 1. The summed E-state index contributed by atoms with van der Waals surface area (Å²) >= 11 is 18.8. The van der Waals surface area contributed by atoms with Gasteiger partial charge >= 0.3 is 0 Å². The standard InChI is InChI=1S/C19H15Cl2N5O4S2/c20-12-2-4-14-16(15(12)21)22-19(32-14)24-18(31)23-17(27)11-9-10(26(28)29)1-3-13(11)25-5-7-30-8-6-25/h1-4,9H,5-8H2,(H2,22,23,24,27,31). The van der Waals surface area contributed by atoms with Gasteiger partial charge in [-0.05, 0) is 30.4 Å². The second kappa shape index (κ2) is 9.51. The average Bonchev–Trinajstić information content (AvgIpc) is 3.19. The summed E-state index contributed by atoms with van der Waals surface area (Å²) in [5.74, 6) is -0.574. The van der Waals surface area contributed by atoms with E-state index < -0.39 is 10.8 Å². The zero-order valence-corrected chi connectivity index (χ0v) is 19.4. The van der Waals surface area contributed by atoms with Gasteiger partial charge in [-0.3, -0.25) is 20.2 Å². The number of aromatic nitrogens is 1. The van der Waals surface area contributed by atoms with Gasteiger partial charge in [-0.25, -0.2) is 4.98 Å². The molecule has 0 bridgehead atoms. The van der Waals surface area contributed by atoms with Crippen molar-refractivity contribution in [1.29, 1.82) is 0 Å². The minimum absolute atomic E-state index is 0.00397. The molecule has 32 heavy (non-hydrogen) atoms. The minimum atomic E-state index is -0.574. The molecule has 3 aromatic rings. The normalized spacial score (nSPS) is 13.8. The molecule has 0 aliphatic carbocycles. The SMILES string of the molecule is O=C(NC(=S)Nc1nc2c(Cl)c(Cl)ccc2s1)c1cc([N+](=O)[O-])ccc1N1CCOCC1. The van der Waals surface area contributed by atoms with Crippen molar-refractivity contribution in [3.63, 3.8) is 0 Å². The fourth-order valence-electron chi connectivity index (χ4n) is 3.19. The Morgan fingerprint density at radius 2 is 2.00 bits per heavy atom. The van der Waals surface area contributed by atoms with E-state index in [-0.39, 0.29) is 16.4 Å². The Bertz CT molecular complexity index is 1230. The molecule has 1 fully saturated rings. The van der Waals surface area contributed by atoms with Crippen molar-refractivity contribution in [2.75, 3.05) is 36.5 Å². The van der Waals surface area contributed by atoms with Crippen LogP contribution in [0.25, 0.3) is 10.2 Å². The maximum absolute atomic E-state index is 13.0. The highest BCUT2D eigenvalue weighted by atomic mass is 35.5. The number of carbonyl (C=O) groups is 1. The van der Waals surface area contributed by atoms with E-state index in [1.165, 1.54) is 23.5 Å². The number of rotatable bonds is 4. The molecule has 2 aromatic carbocycles. The molecule has 1 saturated heterocycles. The van der Waals surface area contributed by atoms with E-state index in [1.54, 1.807) is 18.2 Å². The predicted octanol–water partition coefficient (Wildman–Crippen LogP) is 4.47. The Balaban J connectivity index is 1.55. The van der Waals surface area contributed by atoms with Crippen LogP contribution in [0.4, 0.5) is 16.5 Å². The summed E-state index contributed by atoms with van der Waals surface area (Å²) in [6.45, 7) is 2.13. The van der Waals surface area contributed by atoms with Crippen molar-refractivity contribution >= 4 is 84.5 Å². The molecule has 2 N–H and O–H groups in total. The topological polar surface area (TPSA) is 110 Å². The number of thiazole rings is 1. The zero-order valence-electron chi connectivity index (χ0n) is 16.3. The molecule has 1 aliphatic rings. The molecule has 0 atom stereocenters. The van der Waals surface area contributed by atoms with Crippen LogP contribution >= 0.6 is 46.8 Å². The number of morpholine rings is 1. The van der Waals surface area contributed by atoms with Crippen LogP contribution in [0, 0.1) is 10.1 Å². The Hall–Kier alpha value is -2.57. The van der Waals surface area contributed by atoms with E-state index in [2.05, 4.69) is 15.6 Å². The molecule has 4 rings (SSSR count). The Kier molecular flexibility index (Phi) is 6.72. The fourth-order valence-corrected chi connectivity index (χ4v) is 4.74. The summed E-state index contributed by atoms with van der Waals surface area (Å²) in [4.78, 5) is 30.0. The highest BCUT2D eigenvalue weighted by Crippen LogP contribution is 2.35.